The van der Waals surface area contributed by atoms with Crippen LogP contribution in [0.1, 0.15) is 32.4 Å². The van der Waals surface area contributed by atoms with E-state index >= 15 is 0 Å². The van der Waals surface area contributed by atoms with Gasteiger partial charge in [0.2, 0.25) is 5.91 Å². The quantitative estimate of drug-likeness (QED) is 0.793. The number of amides is 1. The molecule has 0 saturated carbocycles. The summed E-state index contributed by atoms with van der Waals surface area (Å²) in [6, 6.07) is 7.90. The van der Waals surface area contributed by atoms with E-state index in [1.807, 2.05) is 31.2 Å². The molecule has 0 aliphatic carbocycles. The van der Waals surface area contributed by atoms with E-state index in [9.17, 15) is 4.79 Å². The Hall–Kier alpha value is -1.55. The van der Waals surface area contributed by atoms with Gasteiger partial charge in [0, 0.05) is 18.2 Å². The molecule has 0 radical (unpaired) electrons. The fourth-order valence-corrected chi connectivity index (χ4v) is 1.76. The number of ether oxygens (including phenoxy) is 1. The average molecular weight is 264 g/mol. The molecule has 2 N–H and O–H groups in total. The van der Waals surface area contributed by atoms with Crippen molar-refractivity contribution in [2.24, 2.45) is 5.92 Å². The van der Waals surface area contributed by atoms with Crippen LogP contribution in [-0.4, -0.2) is 26.1 Å². The van der Waals surface area contributed by atoms with Crippen molar-refractivity contribution in [2.75, 3.05) is 20.2 Å². The summed E-state index contributed by atoms with van der Waals surface area (Å²) in [5.41, 5.74) is 1.06. The number of hydrogen-bond donors (Lipinski definition) is 2. The summed E-state index contributed by atoms with van der Waals surface area (Å²) in [5, 5.41) is 6.09. The normalized spacial score (nSPS) is 12.3. The minimum Gasteiger partial charge on any atom is -0.496 e. The Labute approximate surface area is 115 Å². The molecule has 4 nitrogen and oxygen atoms in total. The molecule has 1 aromatic rings. The monoisotopic (exact) mass is 264 g/mol. The zero-order valence-electron chi connectivity index (χ0n) is 12.2. The van der Waals surface area contributed by atoms with E-state index in [-0.39, 0.29) is 11.9 Å². The number of carbonyl (C=O) groups excluding carboxylic acids is 1. The zero-order valence-corrected chi connectivity index (χ0v) is 12.2. The molecule has 0 fully saturated rings. The van der Waals surface area contributed by atoms with Gasteiger partial charge in [0.25, 0.3) is 0 Å². The van der Waals surface area contributed by atoms with Crippen LogP contribution in [0.5, 0.6) is 5.75 Å². The maximum absolute atomic E-state index is 11.6. The van der Waals surface area contributed by atoms with Gasteiger partial charge in [0.05, 0.1) is 13.7 Å². The zero-order chi connectivity index (χ0) is 14.3. The van der Waals surface area contributed by atoms with Crippen LogP contribution in [0.4, 0.5) is 0 Å². The molecule has 1 aromatic carbocycles. The molecule has 1 atom stereocenters. The first-order valence-corrected chi connectivity index (χ1v) is 6.67. The van der Waals surface area contributed by atoms with Crippen LogP contribution in [0.3, 0.4) is 0 Å². The van der Waals surface area contributed by atoms with Gasteiger partial charge < -0.3 is 15.4 Å². The standard InChI is InChI=1S/C15H24N2O2/c1-11(2)9-17-15(18)10-16-12(3)13-7-5-6-8-14(13)19-4/h5-8,11-12,16H,9-10H2,1-4H3,(H,17,18). The van der Waals surface area contributed by atoms with Crippen molar-refractivity contribution in [1.82, 2.24) is 10.6 Å². The molecule has 0 bridgehead atoms. The highest BCUT2D eigenvalue weighted by Crippen LogP contribution is 2.23. The maximum atomic E-state index is 11.6. The van der Waals surface area contributed by atoms with Crippen molar-refractivity contribution in [1.29, 1.82) is 0 Å². The van der Waals surface area contributed by atoms with E-state index in [4.69, 9.17) is 4.74 Å². The summed E-state index contributed by atoms with van der Waals surface area (Å²) in [7, 11) is 1.65. The first-order chi connectivity index (χ1) is 9.04. The number of para-hydroxylation sites is 1. The van der Waals surface area contributed by atoms with E-state index in [0.29, 0.717) is 19.0 Å². The highest BCUT2D eigenvalue weighted by Gasteiger charge is 2.11. The Bertz CT molecular complexity index is 405. The molecular formula is C15H24N2O2. The Morgan fingerprint density at radius 1 is 1.26 bits per heavy atom. The van der Waals surface area contributed by atoms with Gasteiger partial charge in [-0.1, -0.05) is 32.0 Å². The highest BCUT2D eigenvalue weighted by atomic mass is 16.5. The molecule has 0 aliphatic heterocycles. The molecule has 1 rings (SSSR count). The smallest absolute Gasteiger partial charge is 0.233 e. The molecule has 106 valence electrons. The Morgan fingerprint density at radius 3 is 2.58 bits per heavy atom. The number of hydrogen-bond acceptors (Lipinski definition) is 3. The second kappa shape index (κ2) is 7.79. The molecule has 0 saturated heterocycles. The van der Waals surface area contributed by atoms with E-state index in [0.717, 1.165) is 11.3 Å². The lowest BCUT2D eigenvalue weighted by molar-refractivity contribution is -0.120. The molecule has 1 amide bonds. The molecule has 0 spiro atoms. The van der Waals surface area contributed by atoms with Crippen molar-refractivity contribution >= 4 is 5.91 Å². The number of rotatable bonds is 7. The van der Waals surface area contributed by atoms with Gasteiger partial charge in [-0.25, -0.2) is 0 Å². The van der Waals surface area contributed by atoms with Crippen LogP contribution < -0.4 is 15.4 Å². The Kier molecular flexibility index (Phi) is 6.36. The van der Waals surface area contributed by atoms with Crippen LogP contribution >= 0.6 is 0 Å². The van der Waals surface area contributed by atoms with Crippen LogP contribution in [0.25, 0.3) is 0 Å². The number of carbonyl (C=O) groups is 1. The Morgan fingerprint density at radius 2 is 1.95 bits per heavy atom. The summed E-state index contributed by atoms with van der Waals surface area (Å²) in [6.45, 7) is 7.19. The number of benzene rings is 1. The van der Waals surface area contributed by atoms with Crippen molar-refractivity contribution in [3.05, 3.63) is 29.8 Å². The fourth-order valence-electron chi connectivity index (χ4n) is 1.76. The van der Waals surface area contributed by atoms with Crippen molar-refractivity contribution in [3.63, 3.8) is 0 Å². The molecule has 0 aliphatic rings. The van der Waals surface area contributed by atoms with E-state index in [1.54, 1.807) is 7.11 Å². The van der Waals surface area contributed by atoms with Crippen molar-refractivity contribution < 1.29 is 9.53 Å². The SMILES string of the molecule is COc1ccccc1C(C)NCC(=O)NCC(C)C. The van der Waals surface area contributed by atoms with Crippen molar-refractivity contribution in [2.45, 2.75) is 26.8 Å². The molecular weight excluding hydrogens is 240 g/mol. The fraction of sp³-hybridized carbons (Fsp3) is 0.533. The van der Waals surface area contributed by atoms with Gasteiger partial charge in [0.15, 0.2) is 0 Å². The van der Waals surface area contributed by atoms with Crippen molar-refractivity contribution in [3.8, 4) is 5.75 Å². The second-order valence-corrected chi connectivity index (χ2v) is 5.04. The van der Waals surface area contributed by atoms with E-state index < -0.39 is 0 Å². The largest absolute Gasteiger partial charge is 0.496 e. The predicted molar refractivity (Wildman–Crippen MR) is 77.3 cm³/mol. The number of methoxy groups -OCH3 is 1. The van der Waals surface area contributed by atoms with Crippen LogP contribution in [-0.2, 0) is 4.79 Å². The van der Waals surface area contributed by atoms with Gasteiger partial charge in [0.1, 0.15) is 5.75 Å². The van der Waals surface area contributed by atoms with E-state index in [2.05, 4.69) is 24.5 Å². The number of nitrogens with one attached hydrogen (secondary N) is 2. The summed E-state index contributed by atoms with van der Waals surface area (Å²) < 4.78 is 5.31. The summed E-state index contributed by atoms with van der Waals surface area (Å²) in [4.78, 5) is 11.6. The van der Waals surface area contributed by atoms with Crippen LogP contribution in [0.15, 0.2) is 24.3 Å². The van der Waals surface area contributed by atoms with Gasteiger partial charge in [-0.2, -0.15) is 0 Å². The summed E-state index contributed by atoms with van der Waals surface area (Å²) in [5.74, 6) is 1.33. The molecule has 1 unspecified atom stereocenters. The highest BCUT2D eigenvalue weighted by molar-refractivity contribution is 5.78. The maximum Gasteiger partial charge on any atom is 0.233 e. The van der Waals surface area contributed by atoms with E-state index in [1.165, 1.54) is 0 Å². The van der Waals surface area contributed by atoms with Gasteiger partial charge in [-0.05, 0) is 18.9 Å². The molecule has 0 aromatic heterocycles. The van der Waals surface area contributed by atoms with Crippen LogP contribution in [0, 0.1) is 5.92 Å². The van der Waals surface area contributed by atoms with Crippen LogP contribution in [0.2, 0.25) is 0 Å². The molecule has 4 heteroatoms. The second-order valence-electron chi connectivity index (χ2n) is 5.04. The van der Waals surface area contributed by atoms with Gasteiger partial charge in [-0.15, -0.1) is 0 Å². The average Bonchev–Trinajstić information content (AvgIpc) is 2.42. The molecule has 19 heavy (non-hydrogen) atoms. The lowest BCUT2D eigenvalue weighted by atomic mass is 10.1. The topological polar surface area (TPSA) is 50.4 Å². The minimum atomic E-state index is 0.0236. The Balaban J connectivity index is 2.46. The summed E-state index contributed by atoms with van der Waals surface area (Å²) in [6.07, 6.45) is 0. The lowest BCUT2D eigenvalue weighted by Crippen LogP contribution is -2.36. The third-order valence-electron chi connectivity index (χ3n) is 2.88. The lowest BCUT2D eigenvalue weighted by Gasteiger charge is -2.17. The minimum absolute atomic E-state index is 0.0236. The predicted octanol–water partition coefficient (Wildman–Crippen LogP) is 2.12. The summed E-state index contributed by atoms with van der Waals surface area (Å²) >= 11 is 0. The third kappa shape index (κ3) is 5.30. The van der Waals surface area contributed by atoms with Gasteiger partial charge in [-0.3, -0.25) is 4.79 Å². The van der Waals surface area contributed by atoms with Gasteiger partial charge >= 0.3 is 0 Å². The third-order valence-corrected chi connectivity index (χ3v) is 2.88. The molecule has 0 heterocycles. The first-order valence-electron chi connectivity index (χ1n) is 6.67. The first kappa shape index (κ1) is 15.5.